The third-order valence-electron chi connectivity index (χ3n) is 6.07. The number of hydrogen-bond acceptors (Lipinski definition) is 6. The highest BCUT2D eigenvalue weighted by atomic mass is 32.2. The van der Waals surface area contributed by atoms with Gasteiger partial charge in [-0.25, -0.2) is 8.42 Å². The van der Waals surface area contributed by atoms with Crippen LogP contribution in [-0.2, 0) is 37.2 Å². The van der Waals surface area contributed by atoms with Crippen LogP contribution in [0.15, 0.2) is 83.8 Å². The summed E-state index contributed by atoms with van der Waals surface area (Å²) in [6.45, 7) is 0.699. The second kappa shape index (κ2) is 12.7. The van der Waals surface area contributed by atoms with E-state index in [0.717, 1.165) is 12.0 Å². The zero-order chi connectivity index (χ0) is 27.0. The SMILES string of the molecule is O=C(CCC(=O)OCCCc1ccccc1)NC(=S)Nc1ccc(S(=O)(=O)N2CCc3ccccc32)cc1. The average molecular weight is 552 g/mol. The molecule has 38 heavy (non-hydrogen) atoms. The number of rotatable bonds is 10. The normalized spacial score (nSPS) is 12.5. The van der Waals surface area contributed by atoms with Crippen LogP contribution in [0.25, 0.3) is 0 Å². The van der Waals surface area contributed by atoms with Gasteiger partial charge in [0.15, 0.2) is 5.11 Å². The molecule has 0 saturated carbocycles. The van der Waals surface area contributed by atoms with Crippen molar-refractivity contribution >= 4 is 50.6 Å². The van der Waals surface area contributed by atoms with E-state index in [4.69, 9.17) is 17.0 Å². The highest BCUT2D eigenvalue weighted by Gasteiger charge is 2.30. The van der Waals surface area contributed by atoms with Crippen molar-refractivity contribution in [2.45, 2.75) is 37.0 Å². The molecule has 1 aliphatic rings. The molecule has 0 fully saturated rings. The van der Waals surface area contributed by atoms with E-state index in [-0.39, 0.29) is 22.8 Å². The number of benzene rings is 3. The number of anilines is 2. The molecule has 0 spiro atoms. The fourth-order valence-electron chi connectivity index (χ4n) is 4.14. The van der Waals surface area contributed by atoms with Gasteiger partial charge in [0.05, 0.1) is 23.6 Å². The molecular formula is C28H29N3O5S2. The lowest BCUT2D eigenvalue weighted by Crippen LogP contribution is -2.34. The van der Waals surface area contributed by atoms with Crippen LogP contribution >= 0.6 is 12.2 Å². The molecule has 1 aliphatic heterocycles. The minimum atomic E-state index is -3.70. The van der Waals surface area contributed by atoms with E-state index >= 15 is 0 Å². The first-order valence-corrected chi connectivity index (χ1v) is 14.2. The van der Waals surface area contributed by atoms with Crippen molar-refractivity contribution < 1.29 is 22.7 Å². The molecule has 0 aromatic heterocycles. The summed E-state index contributed by atoms with van der Waals surface area (Å²) in [5.41, 5.74) is 3.41. The third kappa shape index (κ3) is 7.17. The molecule has 0 atom stereocenters. The van der Waals surface area contributed by atoms with Crippen LogP contribution in [0.3, 0.4) is 0 Å². The van der Waals surface area contributed by atoms with E-state index < -0.39 is 21.9 Å². The van der Waals surface area contributed by atoms with Crippen LogP contribution in [0.5, 0.6) is 0 Å². The van der Waals surface area contributed by atoms with Gasteiger partial charge in [0, 0.05) is 18.7 Å². The number of hydrogen-bond donors (Lipinski definition) is 2. The summed E-state index contributed by atoms with van der Waals surface area (Å²) in [5, 5.41) is 5.43. The summed E-state index contributed by atoms with van der Waals surface area (Å²) in [6.07, 6.45) is 2.09. The third-order valence-corrected chi connectivity index (χ3v) is 8.10. The molecule has 1 amide bonds. The predicted octanol–water partition coefficient (Wildman–Crippen LogP) is 4.21. The van der Waals surface area contributed by atoms with Gasteiger partial charge in [-0.3, -0.25) is 13.9 Å². The van der Waals surface area contributed by atoms with Crippen molar-refractivity contribution in [3.8, 4) is 0 Å². The van der Waals surface area contributed by atoms with Crippen LogP contribution in [-0.4, -0.2) is 38.6 Å². The van der Waals surface area contributed by atoms with Crippen molar-refractivity contribution in [3.05, 3.63) is 90.0 Å². The number of carbonyl (C=O) groups excluding carboxylic acids is 2. The maximum atomic E-state index is 13.1. The average Bonchev–Trinajstić information content (AvgIpc) is 3.36. The van der Waals surface area contributed by atoms with Gasteiger partial charge in [-0.1, -0.05) is 48.5 Å². The number of nitrogens with one attached hydrogen (secondary N) is 2. The molecule has 4 rings (SSSR count). The van der Waals surface area contributed by atoms with E-state index in [1.807, 2.05) is 54.6 Å². The second-order valence-corrected chi connectivity index (χ2v) is 11.1. The Labute approximate surface area is 228 Å². The first-order chi connectivity index (χ1) is 18.3. The van der Waals surface area contributed by atoms with Crippen molar-refractivity contribution in [1.82, 2.24) is 5.32 Å². The molecule has 0 aliphatic carbocycles. The lowest BCUT2D eigenvalue weighted by molar-refractivity contribution is -0.145. The van der Waals surface area contributed by atoms with Crippen LogP contribution < -0.4 is 14.9 Å². The number of sulfonamides is 1. The Kier molecular flexibility index (Phi) is 9.09. The van der Waals surface area contributed by atoms with Gasteiger partial charge in [0.2, 0.25) is 5.91 Å². The molecule has 1 heterocycles. The van der Waals surface area contributed by atoms with Crippen LogP contribution in [0.1, 0.15) is 30.4 Å². The Balaban J connectivity index is 1.18. The van der Waals surface area contributed by atoms with Crippen molar-refractivity contribution in [2.24, 2.45) is 0 Å². The summed E-state index contributed by atoms with van der Waals surface area (Å²) >= 11 is 5.18. The van der Waals surface area contributed by atoms with Gasteiger partial charge >= 0.3 is 5.97 Å². The Morgan fingerprint density at radius 1 is 0.921 bits per heavy atom. The Hall–Kier alpha value is -3.76. The monoisotopic (exact) mass is 551 g/mol. The maximum Gasteiger partial charge on any atom is 0.306 e. The molecule has 10 heteroatoms. The topological polar surface area (TPSA) is 105 Å². The summed E-state index contributed by atoms with van der Waals surface area (Å²) in [5.74, 6) is -0.861. The molecule has 0 saturated heterocycles. The van der Waals surface area contributed by atoms with Crippen LogP contribution in [0, 0.1) is 0 Å². The number of esters is 1. The van der Waals surface area contributed by atoms with Crippen LogP contribution in [0.2, 0.25) is 0 Å². The highest BCUT2D eigenvalue weighted by molar-refractivity contribution is 7.92. The van der Waals surface area contributed by atoms with Gasteiger partial charge in [-0.2, -0.15) is 0 Å². The predicted molar refractivity (Wildman–Crippen MR) is 150 cm³/mol. The van der Waals surface area contributed by atoms with E-state index in [2.05, 4.69) is 10.6 Å². The molecular weight excluding hydrogens is 522 g/mol. The van der Waals surface area contributed by atoms with Crippen molar-refractivity contribution in [2.75, 3.05) is 22.8 Å². The largest absolute Gasteiger partial charge is 0.466 e. The summed E-state index contributed by atoms with van der Waals surface area (Å²) in [6, 6.07) is 23.6. The van der Waals surface area contributed by atoms with Gasteiger partial charge in [0.1, 0.15) is 0 Å². The zero-order valence-electron chi connectivity index (χ0n) is 20.8. The maximum absolute atomic E-state index is 13.1. The molecule has 0 bridgehead atoms. The van der Waals surface area contributed by atoms with Gasteiger partial charge in [-0.15, -0.1) is 0 Å². The standard InChI is InChI=1S/C28H29N3O5S2/c32-26(16-17-27(33)36-20-6-9-21-7-2-1-3-8-21)30-28(37)29-23-12-14-24(15-13-23)38(34,35)31-19-18-22-10-4-5-11-25(22)31/h1-5,7-8,10-15H,6,9,16-20H2,(H2,29,30,32,37). The number of para-hydroxylation sites is 1. The molecule has 0 radical (unpaired) electrons. The second-order valence-electron chi connectivity index (χ2n) is 8.79. The van der Waals surface area contributed by atoms with Gasteiger partial charge in [-0.05, 0) is 72.9 Å². The summed E-state index contributed by atoms with van der Waals surface area (Å²) in [4.78, 5) is 24.2. The van der Waals surface area contributed by atoms with Gasteiger partial charge < -0.3 is 15.4 Å². The number of aryl methyl sites for hydroxylation is 1. The van der Waals surface area contributed by atoms with Crippen molar-refractivity contribution in [1.29, 1.82) is 0 Å². The lowest BCUT2D eigenvalue weighted by Gasteiger charge is -2.19. The van der Waals surface area contributed by atoms with E-state index in [1.54, 1.807) is 12.1 Å². The number of nitrogens with zero attached hydrogens (tertiary/aromatic N) is 1. The zero-order valence-corrected chi connectivity index (χ0v) is 22.4. The Morgan fingerprint density at radius 3 is 2.39 bits per heavy atom. The number of ether oxygens (including phenoxy) is 1. The number of amides is 1. The van der Waals surface area contributed by atoms with Gasteiger partial charge in [0.25, 0.3) is 10.0 Å². The lowest BCUT2D eigenvalue weighted by atomic mass is 10.1. The first-order valence-electron chi connectivity index (χ1n) is 12.3. The fourth-order valence-corrected chi connectivity index (χ4v) is 5.88. The minimum Gasteiger partial charge on any atom is -0.466 e. The summed E-state index contributed by atoms with van der Waals surface area (Å²) < 4.78 is 32.9. The number of thiocarbonyl (C=S) groups is 1. The van der Waals surface area contributed by atoms with Crippen molar-refractivity contribution in [3.63, 3.8) is 0 Å². The smallest absolute Gasteiger partial charge is 0.306 e. The molecule has 8 nitrogen and oxygen atoms in total. The fraction of sp³-hybridized carbons (Fsp3) is 0.250. The molecule has 3 aromatic carbocycles. The van der Waals surface area contributed by atoms with E-state index in [1.165, 1.54) is 22.0 Å². The molecule has 0 unspecified atom stereocenters. The molecule has 2 N–H and O–H groups in total. The molecule has 3 aromatic rings. The van der Waals surface area contributed by atoms with E-state index in [0.29, 0.717) is 37.4 Å². The Morgan fingerprint density at radius 2 is 1.63 bits per heavy atom. The minimum absolute atomic E-state index is 0.0496. The van der Waals surface area contributed by atoms with E-state index in [9.17, 15) is 18.0 Å². The Bertz CT molecular complexity index is 1390. The summed E-state index contributed by atoms with van der Waals surface area (Å²) in [7, 11) is -3.70. The first kappa shape index (κ1) is 27.3. The quantitative estimate of drug-likeness (QED) is 0.221. The molecule has 198 valence electrons. The number of fused-ring (bicyclic) bond motifs is 1. The van der Waals surface area contributed by atoms with Crippen LogP contribution in [0.4, 0.5) is 11.4 Å². The number of carbonyl (C=O) groups is 2. The highest BCUT2D eigenvalue weighted by Crippen LogP contribution is 2.32.